The summed E-state index contributed by atoms with van der Waals surface area (Å²) in [4.78, 5) is 28.4. The van der Waals surface area contributed by atoms with Crippen molar-refractivity contribution >= 4 is 17.5 Å². The zero-order chi connectivity index (χ0) is 17.5. The summed E-state index contributed by atoms with van der Waals surface area (Å²) in [6, 6.07) is 13.2. The highest BCUT2D eigenvalue weighted by Gasteiger charge is 2.12. The van der Waals surface area contributed by atoms with Gasteiger partial charge in [0, 0.05) is 12.2 Å². The molecule has 24 heavy (non-hydrogen) atoms. The predicted octanol–water partition coefficient (Wildman–Crippen LogP) is 2.59. The Morgan fingerprint density at radius 3 is 2.29 bits per heavy atom. The molecule has 1 aromatic heterocycles. The molecule has 0 aliphatic heterocycles. The minimum absolute atomic E-state index is 0.150. The van der Waals surface area contributed by atoms with Crippen LogP contribution in [-0.2, 0) is 0 Å². The molecule has 2 aromatic rings. The maximum Gasteiger partial charge on any atom is 0.274 e. The van der Waals surface area contributed by atoms with Gasteiger partial charge in [0.15, 0.2) is 0 Å². The Kier molecular flexibility index (Phi) is 5.63. The highest BCUT2D eigenvalue weighted by Crippen LogP contribution is 2.10. The van der Waals surface area contributed by atoms with E-state index in [4.69, 9.17) is 5.26 Å². The van der Waals surface area contributed by atoms with Crippen LogP contribution in [0.1, 0.15) is 40.4 Å². The summed E-state index contributed by atoms with van der Waals surface area (Å²) in [5.74, 6) is -0.397. The van der Waals surface area contributed by atoms with E-state index >= 15 is 0 Å². The van der Waals surface area contributed by atoms with Crippen molar-refractivity contribution in [1.29, 1.82) is 5.26 Å². The Labute approximate surface area is 140 Å². The van der Waals surface area contributed by atoms with E-state index < -0.39 is 5.91 Å². The van der Waals surface area contributed by atoms with Crippen molar-refractivity contribution in [3.05, 3.63) is 59.4 Å². The third-order valence-corrected chi connectivity index (χ3v) is 3.16. The minimum Gasteiger partial charge on any atom is -0.350 e. The van der Waals surface area contributed by atoms with Gasteiger partial charge in [-0.25, -0.2) is 4.98 Å². The van der Waals surface area contributed by atoms with Gasteiger partial charge in [-0.1, -0.05) is 19.9 Å². The first-order valence-electron chi connectivity index (χ1n) is 7.56. The summed E-state index contributed by atoms with van der Waals surface area (Å²) < 4.78 is 0. The molecule has 0 spiro atoms. The molecule has 2 rings (SSSR count). The second kappa shape index (κ2) is 7.88. The first kappa shape index (κ1) is 17.2. The standard InChI is InChI=1S/C18H18N4O2/c1-12(2)11-20-17(23)15-4-3-5-16(22-15)18(24)21-14-8-6-13(10-19)7-9-14/h3-9,12H,11H2,1-2H3,(H,20,23)(H,21,24). The first-order chi connectivity index (χ1) is 11.5. The van der Waals surface area contributed by atoms with Gasteiger partial charge >= 0.3 is 0 Å². The van der Waals surface area contributed by atoms with E-state index in [2.05, 4.69) is 15.6 Å². The normalized spacial score (nSPS) is 10.1. The molecule has 1 heterocycles. The van der Waals surface area contributed by atoms with E-state index in [9.17, 15) is 9.59 Å². The molecule has 0 unspecified atom stereocenters. The second-order valence-electron chi connectivity index (χ2n) is 5.66. The third-order valence-electron chi connectivity index (χ3n) is 3.16. The van der Waals surface area contributed by atoms with Crippen LogP contribution >= 0.6 is 0 Å². The molecule has 122 valence electrons. The zero-order valence-electron chi connectivity index (χ0n) is 13.5. The van der Waals surface area contributed by atoms with E-state index in [0.717, 1.165) is 0 Å². The summed E-state index contributed by atoms with van der Waals surface area (Å²) >= 11 is 0. The van der Waals surface area contributed by atoms with Crippen LogP contribution in [0.25, 0.3) is 0 Å². The fourth-order valence-corrected chi connectivity index (χ4v) is 1.90. The quantitative estimate of drug-likeness (QED) is 0.884. The number of carbonyl (C=O) groups excluding carboxylic acids is 2. The van der Waals surface area contributed by atoms with Gasteiger partial charge in [0.25, 0.3) is 11.8 Å². The molecule has 0 fully saturated rings. The summed E-state index contributed by atoms with van der Waals surface area (Å²) in [6.07, 6.45) is 0. The Morgan fingerprint density at radius 2 is 1.71 bits per heavy atom. The van der Waals surface area contributed by atoms with Crippen LogP contribution in [0.4, 0.5) is 5.69 Å². The minimum atomic E-state index is -0.418. The van der Waals surface area contributed by atoms with Crippen LogP contribution in [0.3, 0.4) is 0 Å². The van der Waals surface area contributed by atoms with Crippen molar-refractivity contribution < 1.29 is 9.59 Å². The van der Waals surface area contributed by atoms with Crippen molar-refractivity contribution in [2.45, 2.75) is 13.8 Å². The number of nitriles is 1. The smallest absolute Gasteiger partial charge is 0.274 e. The van der Waals surface area contributed by atoms with Crippen LogP contribution in [0.5, 0.6) is 0 Å². The summed E-state index contributed by atoms with van der Waals surface area (Å²) in [6.45, 7) is 4.53. The van der Waals surface area contributed by atoms with E-state index in [1.54, 1.807) is 36.4 Å². The zero-order valence-corrected chi connectivity index (χ0v) is 13.5. The molecular formula is C18H18N4O2. The van der Waals surface area contributed by atoms with Crippen molar-refractivity contribution in [3.8, 4) is 6.07 Å². The number of nitrogens with zero attached hydrogens (tertiary/aromatic N) is 2. The molecule has 2 amide bonds. The van der Waals surface area contributed by atoms with Crippen molar-refractivity contribution in [1.82, 2.24) is 10.3 Å². The largest absolute Gasteiger partial charge is 0.350 e. The van der Waals surface area contributed by atoms with Crippen molar-refractivity contribution in [3.63, 3.8) is 0 Å². The lowest BCUT2D eigenvalue weighted by molar-refractivity contribution is 0.0944. The molecule has 0 bridgehead atoms. The maximum atomic E-state index is 12.2. The van der Waals surface area contributed by atoms with E-state index in [0.29, 0.717) is 23.7 Å². The lowest BCUT2D eigenvalue weighted by atomic mass is 10.2. The Hall–Kier alpha value is -3.20. The Morgan fingerprint density at radius 1 is 1.08 bits per heavy atom. The van der Waals surface area contributed by atoms with Gasteiger partial charge in [0.2, 0.25) is 0 Å². The van der Waals surface area contributed by atoms with Gasteiger partial charge in [0.1, 0.15) is 11.4 Å². The second-order valence-corrected chi connectivity index (χ2v) is 5.66. The Balaban J connectivity index is 2.08. The Bertz CT molecular complexity index is 776. The van der Waals surface area contributed by atoms with Crippen LogP contribution in [0.15, 0.2) is 42.5 Å². The molecule has 0 aliphatic carbocycles. The lowest BCUT2D eigenvalue weighted by Crippen LogP contribution is -2.28. The average molecular weight is 322 g/mol. The number of carbonyl (C=O) groups is 2. The number of benzene rings is 1. The third kappa shape index (κ3) is 4.65. The summed E-state index contributed by atoms with van der Waals surface area (Å²) in [7, 11) is 0. The molecule has 0 saturated carbocycles. The van der Waals surface area contributed by atoms with Crippen LogP contribution in [0.2, 0.25) is 0 Å². The van der Waals surface area contributed by atoms with Gasteiger partial charge < -0.3 is 10.6 Å². The number of amides is 2. The highest BCUT2D eigenvalue weighted by molar-refractivity contribution is 6.03. The number of hydrogen-bond acceptors (Lipinski definition) is 4. The molecule has 6 nitrogen and oxygen atoms in total. The maximum absolute atomic E-state index is 12.2. The number of rotatable bonds is 5. The van der Waals surface area contributed by atoms with E-state index in [1.165, 1.54) is 6.07 Å². The highest BCUT2D eigenvalue weighted by atomic mass is 16.2. The fraction of sp³-hybridized carbons (Fsp3) is 0.222. The molecular weight excluding hydrogens is 304 g/mol. The first-order valence-corrected chi connectivity index (χ1v) is 7.56. The molecule has 0 radical (unpaired) electrons. The van der Waals surface area contributed by atoms with E-state index in [1.807, 2.05) is 19.9 Å². The van der Waals surface area contributed by atoms with Gasteiger partial charge in [-0.2, -0.15) is 5.26 Å². The molecule has 0 aliphatic rings. The molecule has 1 aromatic carbocycles. The number of hydrogen-bond donors (Lipinski definition) is 2. The number of pyridine rings is 1. The van der Waals surface area contributed by atoms with Crippen LogP contribution in [-0.4, -0.2) is 23.3 Å². The number of aromatic nitrogens is 1. The van der Waals surface area contributed by atoms with Gasteiger partial charge in [-0.3, -0.25) is 9.59 Å². The lowest BCUT2D eigenvalue weighted by Gasteiger charge is -2.08. The van der Waals surface area contributed by atoms with Crippen LogP contribution < -0.4 is 10.6 Å². The van der Waals surface area contributed by atoms with Crippen molar-refractivity contribution in [2.75, 3.05) is 11.9 Å². The average Bonchev–Trinajstić information content (AvgIpc) is 2.60. The molecule has 6 heteroatoms. The van der Waals surface area contributed by atoms with Crippen LogP contribution in [0, 0.1) is 17.2 Å². The van der Waals surface area contributed by atoms with E-state index in [-0.39, 0.29) is 17.3 Å². The van der Waals surface area contributed by atoms with Gasteiger partial charge in [-0.15, -0.1) is 0 Å². The monoisotopic (exact) mass is 322 g/mol. The SMILES string of the molecule is CC(C)CNC(=O)c1cccc(C(=O)Nc2ccc(C#N)cc2)n1. The summed E-state index contributed by atoms with van der Waals surface area (Å²) in [5, 5.41) is 14.2. The molecule has 2 N–H and O–H groups in total. The molecule has 0 atom stereocenters. The summed E-state index contributed by atoms with van der Waals surface area (Å²) in [5.41, 5.74) is 1.41. The van der Waals surface area contributed by atoms with Crippen molar-refractivity contribution in [2.24, 2.45) is 5.92 Å². The number of nitrogens with one attached hydrogen (secondary N) is 2. The van der Waals surface area contributed by atoms with Gasteiger partial charge in [0.05, 0.1) is 11.6 Å². The fourth-order valence-electron chi connectivity index (χ4n) is 1.90. The van der Waals surface area contributed by atoms with Gasteiger partial charge in [-0.05, 0) is 42.3 Å². The topological polar surface area (TPSA) is 94.9 Å². The predicted molar refractivity (Wildman–Crippen MR) is 90.5 cm³/mol. The molecule has 0 saturated heterocycles. The number of anilines is 1.